The molecule has 0 spiro atoms. The van der Waals surface area contributed by atoms with Crippen molar-refractivity contribution in [2.24, 2.45) is 0 Å². The van der Waals surface area contributed by atoms with Crippen LogP contribution >= 0.6 is 0 Å². The maximum absolute atomic E-state index is 12.0. The number of carbonyl (C=O) groups is 1. The number of fused-ring (bicyclic) bond motifs is 1. The molecule has 3 rings (SSSR count). The molecule has 0 radical (unpaired) electrons. The van der Waals surface area contributed by atoms with Crippen LogP contribution in [0.2, 0.25) is 0 Å². The summed E-state index contributed by atoms with van der Waals surface area (Å²) in [6, 6.07) is 7.37. The quantitative estimate of drug-likeness (QED) is 0.790. The third-order valence-electron chi connectivity index (χ3n) is 3.39. The molecule has 1 aromatic carbocycles. The predicted molar refractivity (Wildman–Crippen MR) is 89.2 cm³/mol. The molecule has 0 saturated heterocycles. The van der Waals surface area contributed by atoms with Gasteiger partial charge in [0.05, 0.1) is 0 Å². The Bertz CT molecular complexity index is 776. The van der Waals surface area contributed by atoms with Gasteiger partial charge in [-0.1, -0.05) is 12.1 Å². The highest BCUT2D eigenvalue weighted by Gasteiger charge is 2.13. The number of benzene rings is 1. The minimum Gasteiger partial charge on any atom is -0.454 e. The highest BCUT2D eigenvalue weighted by atomic mass is 16.7. The van der Waals surface area contributed by atoms with Crippen molar-refractivity contribution >= 4 is 11.7 Å². The molecular formula is C17H18N4O3. The number of nitrogens with zero attached hydrogens (tertiary/aromatic N) is 2. The van der Waals surface area contributed by atoms with E-state index < -0.39 is 0 Å². The Morgan fingerprint density at radius 3 is 2.96 bits per heavy atom. The second-order valence-corrected chi connectivity index (χ2v) is 5.23. The van der Waals surface area contributed by atoms with Gasteiger partial charge in [-0.05, 0) is 24.6 Å². The Morgan fingerprint density at radius 1 is 1.29 bits per heavy atom. The first-order valence-corrected chi connectivity index (χ1v) is 7.53. The number of nitrogens with one attached hydrogen (secondary N) is 2. The molecule has 0 bridgehead atoms. The van der Waals surface area contributed by atoms with Crippen LogP contribution in [0.15, 0.2) is 36.9 Å². The molecule has 0 fully saturated rings. The molecule has 1 amide bonds. The molecule has 2 N–H and O–H groups in total. The number of anilines is 1. The Balaban J connectivity index is 1.69. The third-order valence-corrected chi connectivity index (χ3v) is 3.39. The lowest BCUT2D eigenvalue weighted by molar-refractivity contribution is 0.0952. The van der Waals surface area contributed by atoms with Crippen LogP contribution in [0.25, 0.3) is 0 Å². The van der Waals surface area contributed by atoms with Gasteiger partial charge in [0.15, 0.2) is 11.5 Å². The molecule has 0 unspecified atom stereocenters. The van der Waals surface area contributed by atoms with Gasteiger partial charge in [-0.3, -0.25) is 4.79 Å². The summed E-state index contributed by atoms with van der Waals surface area (Å²) in [5.41, 5.74) is 1.34. The van der Waals surface area contributed by atoms with Crippen molar-refractivity contribution in [3.63, 3.8) is 0 Å². The van der Waals surface area contributed by atoms with Gasteiger partial charge in [-0.15, -0.1) is 6.58 Å². The molecule has 0 saturated carbocycles. The molecule has 124 valence electrons. The van der Waals surface area contributed by atoms with Gasteiger partial charge in [-0.25, -0.2) is 9.97 Å². The number of ether oxygens (including phenoxy) is 2. The zero-order chi connectivity index (χ0) is 16.9. The normalized spacial score (nSPS) is 11.9. The summed E-state index contributed by atoms with van der Waals surface area (Å²) in [6.45, 7) is 6.50. The molecule has 1 aliphatic heterocycles. The van der Waals surface area contributed by atoms with E-state index in [9.17, 15) is 4.79 Å². The smallest absolute Gasteiger partial charge is 0.270 e. The number of hydrogen-bond donors (Lipinski definition) is 2. The van der Waals surface area contributed by atoms with Gasteiger partial charge < -0.3 is 20.1 Å². The lowest BCUT2D eigenvalue weighted by Gasteiger charge is -2.09. The van der Waals surface area contributed by atoms with E-state index in [4.69, 9.17) is 9.47 Å². The van der Waals surface area contributed by atoms with Gasteiger partial charge in [0, 0.05) is 19.2 Å². The van der Waals surface area contributed by atoms with Crippen molar-refractivity contribution in [1.29, 1.82) is 0 Å². The fourth-order valence-corrected chi connectivity index (χ4v) is 2.27. The molecule has 2 aromatic rings. The third kappa shape index (κ3) is 3.62. The van der Waals surface area contributed by atoms with Crippen LogP contribution < -0.4 is 20.1 Å². The van der Waals surface area contributed by atoms with Crippen molar-refractivity contribution in [2.45, 2.75) is 13.5 Å². The van der Waals surface area contributed by atoms with Crippen molar-refractivity contribution < 1.29 is 14.3 Å². The van der Waals surface area contributed by atoms with Crippen LogP contribution in [0, 0.1) is 6.92 Å². The van der Waals surface area contributed by atoms with E-state index >= 15 is 0 Å². The molecule has 0 atom stereocenters. The maximum atomic E-state index is 12.0. The highest BCUT2D eigenvalue weighted by Crippen LogP contribution is 2.32. The Morgan fingerprint density at radius 2 is 2.12 bits per heavy atom. The van der Waals surface area contributed by atoms with Crippen molar-refractivity contribution in [3.8, 4) is 11.5 Å². The van der Waals surface area contributed by atoms with Gasteiger partial charge >= 0.3 is 0 Å². The fourth-order valence-electron chi connectivity index (χ4n) is 2.27. The summed E-state index contributed by atoms with van der Waals surface area (Å²) >= 11 is 0. The first-order chi connectivity index (χ1) is 11.7. The largest absolute Gasteiger partial charge is 0.454 e. The molecule has 1 aliphatic rings. The van der Waals surface area contributed by atoms with E-state index in [2.05, 4.69) is 27.2 Å². The fraction of sp³-hybridized carbons (Fsp3) is 0.235. The standard InChI is InChI=1S/C17H18N4O3/c1-3-6-18-17(22)13-8-16(21-11(2)20-13)19-9-12-4-5-14-15(7-12)24-10-23-14/h3-5,7-8H,1,6,9-10H2,2H3,(H,18,22)(H,19,20,21). The predicted octanol–water partition coefficient (Wildman–Crippen LogP) is 2.04. The van der Waals surface area contributed by atoms with Crippen LogP contribution in [-0.2, 0) is 6.54 Å². The average molecular weight is 326 g/mol. The summed E-state index contributed by atoms with van der Waals surface area (Å²) in [4.78, 5) is 20.5. The monoisotopic (exact) mass is 326 g/mol. The molecule has 1 aromatic heterocycles. The highest BCUT2D eigenvalue weighted by molar-refractivity contribution is 5.93. The second-order valence-electron chi connectivity index (χ2n) is 5.23. The second kappa shape index (κ2) is 6.99. The summed E-state index contributed by atoms with van der Waals surface area (Å²) in [5.74, 6) is 2.33. The summed E-state index contributed by atoms with van der Waals surface area (Å²) in [6.07, 6.45) is 1.62. The van der Waals surface area contributed by atoms with Crippen LogP contribution in [-0.4, -0.2) is 29.2 Å². The first-order valence-electron chi connectivity index (χ1n) is 7.53. The molecule has 2 heterocycles. The SMILES string of the molecule is C=CCNC(=O)c1cc(NCc2ccc3c(c2)OCO3)nc(C)n1. The lowest BCUT2D eigenvalue weighted by atomic mass is 10.2. The Kier molecular flexibility index (Phi) is 4.60. The van der Waals surface area contributed by atoms with Crippen molar-refractivity contribution in [3.05, 3.63) is 54.0 Å². The van der Waals surface area contributed by atoms with E-state index in [1.807, 2.05) is 18.2 Å². The van der Waals surface area contributed by atoms with Crippen molar-refractivity contribution in [1.82, 2.24) is 15.3 Å². The number of amides is 1. The van der Waals surface area contributed by atoms with Gasteiger partial charge in [0.2, 0.25) is 6.79 Å². The molecule has 7 heteroatoms. The average Bonchev–Trinajstić information content (AvgIpc) is 3.05. The number of hydrogen-bond acceptors (Lipinski definition) is 6. The van der Waals surface area contributed by atoms with Crippen LogP contribution in [0.4, 0.5) is 5.82 Å². The number of aryl methyl sites for hydroxylation is 1. The zero-order valence-electron chi connectivity index (χ0n) is 13.3. The minimum atomic E-state index is -0.258. The lowest BCUT2D eigenvalue weighted by Crippen LogP contribution is -2.24. The van der Waals surface area contributed by atoms with Crippen LogP contribution in [0.3, 0.4) is 0 Å². The summed E-state index contributed by atoms with van der Waals surface area (Å²) in [5, 5.41) is 5.90. The van der Waals surface area contributed by atoms with Gasteiger partial charge in [0.1, 0.15) is 17.3 Å². The topological polar surface area (TPSA) is 85.4 Å². The van der Waals surface area contributed by atoms with E-state index in [-0.39, 0.29) is 12.7 Å². The molecule has 24 heavy (non-hydrogen) atoms. The van der Waals surface area contributed by atoms with E-state index in [1.54, 1.807) is 19.1 Å². The summed E-state index contributed by atoms with van der Waals surface area (Å²) in [7, 11) is 0. The molecule has 7 nitrogen and oxygen atoms in total. The zero-order valence-corrected chi connectivity index (χ0v) is 13.3. The van der Waals surface area contributed by atoms with E-state index in [0.29, 0.717) is 30.4 Å². The van der Waals surface area contributed by atoms with Crippen LogP contribution in [0.5, 0.6) is 11.5 Å². The van der Waals surface area contributed by atoms with Crippen molar-refractivity contribution in [2.75, 3.05) is 18.7 Å². The number of aromatic nitrogens is 2. The Hall–Kier alpha value is -3.09. The van der Waals surface area contributed by atoms with E-state index in [1.165, 1.54) is 0 Å². The van der Waals surface area contributed by atoms with Gasteiger partial charge in [-0.2, -0.15) is 0 Å². The van der Waals surface area contributed by atoms with Crippen LogP contribution in [0.1, 0.15) is 21.9 Å². The van der Waals surface area contributed by atoms with E-state index in [0.717, 1.165) is 17.1 Å². The summed E-state index contributed by atoms with van der Waals surface area (Å²) < 4.78 is 10.7. The maximum Gasteiger partial charge on any atom is 0.270 e. The molecular weight excluding hydrogens is 308 g/mol. The number of rotatable bonds is 6. The van der Waals surface area contributed by atoms with Gasteiger partial charge in [0.25, 0.3) is 5.91 Å². The number of carbonyl (C=O) groups excluding carboxylic acids is 1. The minimum absolute atomic E-state index is 0.250. The first kappa shape index (κ1) is 15.8. The Labute approximate surface area is 139 Å². The molecule has 0 aliphatic carbocycles.